The van der Waals surface area contributed by atoms with Crippen molar-refractivity contribution in [3.63, 3.8) is 0 Å². The van der Waals surface area contributed by atoms with Gasteiger partial charge in [0.15, 0.2) is 0 Å². The largest absolute Gasteiger partial charge is 0.545 e. The summed E-state index contributed by atoms with van der Waals surface area (Å²) < 4.78 is 1.20. The Morgan fingerprint density at radius 2 is 1.18 bits per heavy atom. The zero-order chi connectivity index (χ0) is 25.0. The Bertz CT molecular complexity index is 1000. The normalized spacial score (nSPS) is 10.8. The predicted octanol–water partition coefficient (Wildman–Crippen LogP) is 5.61. The zero-order valence-electron chi connectivity index (χ0n) is 19.8. The smallest absolute Gasteiger partial charge is 0.336 e. The van der Waals surface area contributed by atoms with Gasteiger partial charge in [0.1, 0.15) is 6.54 Å². The molecule has 0 amide bonds. The molecule has 0 bridgehead atoms. The van der Waals surface area contributed by atoms with Gasteiger partial charge in [-0.25, -0.2) is 4.79 Å². The second-order valence-electron chi connectivity index (χ2n) is 7.69. The Kier molecular flexibility index (Phi) is 11.2. The van der Waals surface area contributed by atoms with Crippen LogP contribution in [0.5, 0.6) is 0 Å². The number of nitrogens with zero attached hydrogens (tertiary/aromatic N) is 1. The minimum atomic E-state index is -1.25. The standard InChI is InChI=1S/C14H10O4S2.C13H22N/c15-13(16)9-5-1-3-7-11(9)19-20-12-8-4-2-6-10(12)14(17)18;1-4-14(5-2,6-3)12-13-10-8-7-9-11-13/h1-8H,(H,15,16)(H,17,18);7-11H,4-6,12H2,1-3H3/q;+1/p-1. The molecule has 0 heterocycles. The maximum Gasteiger partial charge on any atom is 0.336 e. The number of carbonyl (C=O) groups excluding carboxylic acids is 1. The first-order valence-electron chi connectivity index (χ1n) is 11.2. The molecule has 0 spiro atoms. The summed E-state index contributed by atoms with van der Waals surface area (Å²) in [5, 5.41) is 20.1. The number of hydrogen-bond acceptors (Lipinski definition) is 5. The molecule has 0 aliphatic rings. The predicted molar refractivity (Wildman–Crippen MR) is 138 cm³/mol. The molecule has 0 atom stereocenters. The Morgan fingerprint density at radius 1 is 0.735 bits per heavy atom. The molecule has 0 radical (unpaired) electrons. The van der Waals surface area contributed by atoms with Crippen LogP contribution in [0.4, 0.5) is 0 Å². The van der Waals surface area contributed by atoms with Crippen molar-refractivity contribution in [2.24, 2.45) is 0 Å². The van der Waals surface area contributed by atoms with E-state index in [1.165, 1.54) is 69.9 Å². The molecule has 1 N–H and O–H groups in total. The van der Waals surface area contributed by atoms with E-state index in [2.05, 4.69) is 51.1 Å². The first-order valence-corrected chi connectivity index (χ1v) is 13.4. The third-order valence-electron chi connectivity index (χ3n) is 5.82. The van der Waals surface area contributed by atoms with Gasteiger partial charge in [0.25, 0.3) is 0 Å². The molecule has 0 unspecified atom stereocenters. The van der Waals surface area contributed by atoms with Crippen molar-refractivity contribution in [3.05, 3.63) is 95.6 Å². The number of rotatable bonds is 10. The lowest BCUT2D eigenvalue weighted by Gasteiger charge is -2.35. The van der Waals surface area contributed by atoms with Crippen LogP contribution in [0.15, 0.2) is 88.7 Å². The quantitative estimate of drug-likeness (QED) is 0.290. The fourth-order valence-electron chi connectivity index (χ4n) is 3.49. The molecule has 3 aromatic rings. The van der Waals surface area contributed by atoms with Crippen molar-refractivity contribution in [1.29, 1.82) is 0 Å². The summed E-state index contributed by atoms with van der Waals surface area (Å²) >= 11 is 0. The summed E-state index contributed by atoms with van der Waals surface area (Å²) in [5.74, 6) is -2.26. The number of aromatic carboxylic acids is 2. The van der Waals surface area contributed by atoms with E-state index in [0.29, 0.717) is 9.79 Å². The topological polar surface area (TPSA) is 77.4 Å². The van der Waals surface area contributed by atoms with Gasteiger partial charge in [0.05, 0.1) is 31.2 Å². The molecule has 0 aliphatic heterocycles. The number of carboxylic acids is 2. The highest BCUT2D eigenvalue weighted by molar-refractivity contribution is 8.76. The van der Waals surface area contributed by atoms with Gasteiger partial charge in [0, 0.05) is 20.9 Å². The van der Waals surface area contributed by atoms with Crippen LogP contribution < -0.4 is 5.11 Å². The first kappa shape index (κ1) is 27.5. The van der Waals surface area contributed by atoms with E-state index >= 15 is 0 Å². The summed E-state index contributed by atoms with van der Waals surface area (Å²) in [7, 11) is 2.40. The molecular weight excluding hydrogens is 466 g/mol. The lowest BCUT2D eigenvalue weighted by atomic mass is 10.2. The molecule has 180 valence electrons. The van der Waals surface area contributed by atoms with Gasteiger partial charge >= 0.3 is 5.97 Å². The second kappa shape index (κ2) is 13.8. The maximum absolute atomic E-state index is 11.1. The Morgan fingerprint density at radius 3 is 1.65 bits per heavy atom. The fourth-order valence-corrected chi connectivity index (χ4v) is 5.84. The number of hydrogen-bond donors (Lipinski definition) is 1. The number of carboxylic acid groups (broad SMARTS) is 2. The SMILES string of the molecule is CC[N+](CC)(CC)Cc1ccccc1.O=C([O-])c1ccccc1SSc1ccccc1C(=O)O. The third kappa shape index (κ3) is 7.94. The summed E-state index contributed by atoms with van der Waals surface area (Å²) in [4.78, 5) is 23.2. The minimum absolute atomic E-state index is 0.0952. The number of quaternary nitrogens is 1. The molecule has 0 aromatic heterocycles. The van der Waals surface area contributed by atoms with Crippen LogP contribution in [-0.2, 0) is 6.54 Å². The summed E-state index contributed by atoms with van der Waals surface area (Å²) in [6.07, 6.45) is 0. The number of carbonyl (C=O) groups is 2. The van der Waals surface area contributed by atoms with Crippen molar-refractivity contribution in [1.82, 2.24) is 0 Å². The highest BCUT2D eigenvalue weighted by Gasteiger charge is 2.20. The highest BCUT2D eigenvalue weighted by Crippen LogP contribution is 2.40. The third-order valence-corrected chi connectivity index (χ3v) is 8.30. The van der Waals surface area contributed by atoms with Crippen molar-refractivity contribution >= 4 is 33.5 Å². The van der Waals surface area contributed by atoms with Gasteiger partial charge in [0.2, 0.25) is 0 Å². The Hall–Kier alpha value is -2.74. The van der Waals surface area contributed by atoms with Crippen molar-refractivity contribution in [2.45, 2.75) is 37.1 Å². The van der Waals surface area contributed by atoms with E-state index in [-0.39, 0.29) is 11.1 Å². The van der Waals surface area contributed by atoms with Gasteiger partial charge < -0.3 is 19.5 Å². The van der Waals surface area contributed by atoms with E-state index in [1.807, 2.05) is 0 Å². The molecule has 3 aromatic carbocycles. The minimum Gasteiger partial charge on any atom is -0.545 e. The fraction of sp³-hybridized carbons (Fsp3) is 0.259. The summed E-state index contributed by atoms with van der Waals surface area (Å²) in [5.41, 5.74) is 1.74. The van der Waals surface area contributed by atoms with Gasteiger partial charge in [-0.05, 0) is 39.0 Å². The van der Waals surface area contributed by atoms with E-state index in [4.69, 9.17) is 5.11 Å². The van der Waals surface area contributed by atoms with Gasteiger partial charge in [-0.1, -0.05) is 82.3 Å². The van der Waals surface area contributed by atoms with Crippen LogP contribution in [0.1, 0.15) is 47.1 Å². The lowest BCUT2D eigenvalue weighted by Crippen LogP contribution is -2.46. The van der Waals surface area contributed by atoms with Crippen molar-refractivity contribution in [3.8, 4) is 0 Å². The molecule has 0 fully saturated rings. The average Bonchev–Trinajstić information content (AvgIpc) is 2.87. The van der Waals surface area contributed by atoms with Crippen molar-refractivity contribution < 1.29 is 24.3 Å². The lowest BCUT2D eigenvalue weighted by molar-refractivity contribution is -0.936. The van der Waals surface area contributed by atoms with Gasteiger partial charge in [-0.3, -0.25) is 0 Å². The van der Waals surface area contributed by atoms with Gasteiger partial charge in [-0.15, -0.1) is 0 Å². The zero-order valence-corrected chi connectivity index (χ0v) is 21.4. The molecule has 3 rings (SSSR count). The molecule has 7 heteroatoms. The van der Waals surface area contributed by atoms with E-state index < -0.39 is 11.9 Å². The number of benzene rings is 3. The van der Waals surface area contributed by atoms with Crippen LogP contribution in [0.25, 0.3) is 0 Å². The van der Waals surface area contributed by atoms with Crippen molar-refractivity contribution in [2.75, 3.05) is 19.6 Å². The maximum atomic E-state index is 11.1. The second-order valence-corrected chi connectivity index (χ2v) is 9.90. The molecule has 0 saturated heterocycles. The van der Waals surface area contributed by atoms with Crippen LogP contribution in [-0.4, -0.2) is 41.2 Å². The van der Waals surface area contributed by atoms with Crippen LogP contribution in [0.3, 0.4) is 0 Å². The molecule has 0 saturated carbocycles. The van der Waals surface area contributed by atoms with E-state index in [1.54, 1.807) is 36.4 Å². The average molecular weight is 498 g/mol. The highest BCUT2D eigenvalue weighted by atomic mass is 33.1. The summed E-state index contributed by atoms with van der Waals surface area (Å²) in [6.45, 7) is 11.7. The van der Waals surface area contributed by atoms with Crippen LogP contribution in [0.2, 0.25) is 0 Å². The van der Waals surface area contributed by atoms with Crippen LogP contribution in [0, 0.1) is 0 Å². The van der Waals surface area contributed by atoms with E-state index in [0.717, 1.165) is 0 Å². The first-order chi connectivity index (χ1) is 16.4. The molecular formula is C27H31NO4S2. The monoisotopic (exact) mass is 497 g/mol. The van der Waals surface area contributed by atoms with Gasteiger partial charge in [-0.2, -0.15) is 0 Å². The Balaban J connectivity index is 0.000000257. The molecule has 0 aliphatic carbocycles. The van der Waals surface area contributed by atoms with E-state index in [9.17, 15) is 14.7 Å². The summed E-state index contributed by atoms with van der Waals surface area (Å²) in [6, 6.07) is 23.8. The molecule has 5 nitrogen and oxygen atoms in total. The van der Waals surface area contributed by atoms with Crippen LogP contribution >= 0.6 is 21.6 Å². The Labute approximate surface area is 209 Å². The molecule has 34 heavy (non-hydrogen) atoms.